The van der Waals surface area contributed by atoms with Crippen molar-refractivity contribution in [1.29, 1.82) is 0 Å². The van der Waals surface area contributed by atoms with Crippen molar-refractivity contribution in [3.05, 3.63) is 112 Å². The number of carbonyl (C=O) groups excluding carboxylic acids is 1. The van der Waals surface area contributed by atoms with Gasteiger partial charge in [0.25, 0.3) is 0 Å². The topological polar surface area (TPSA) is 50.2 Å². The molecule has 1 aromatic heterocycles. The molecule has 3 atom stereocenters. The SMILES string of the molecule is CC(C(=O)c1ccccc1)C(C)[C@H](O)c1cccc(C=Cc2ccc3ccc(Cl)cc3n2)c1. The minimum absolute atomic E-state index is 0.0423. The maximum absolute atomic E-state index is 12.8. The maximum atomic E-state index is 12.8. The van der Waals surface area contributed by atoms with Gasteiger partial charge < -0.3 is 5.11 Å². The zero-order valence-electron chi connectivity index (χ0n) is 18.7. The highest BCUT2D eigenvalue weighted by Gasteiger charge is 2.28. The molecule has 3 nitrogen and oxygen atoms in total. The van der Waals surface area contributed by atoms with Gasteiger partial charge in [-0.1, -0.05) is 92.2 Å². The van der Waals surface area contributed by atoms with E-state index in [0.29, 0.717) is 10.6 Å². The molecule has 0 saturated carbocycles. The van der Waals surface area contributed by atoms with Crippen molar-refractivity contribution in [2.24, 2.45) is 11.8 Å². The second kappa shape index (κ2) is 10.1. The third kappa shape index (κ3) is 5.39. The van der Waals surface area contributed by atoms with E-state index in [1.165, 1.54) is 0 Å². The first-order valence-corrected chi connectivity index (χ1v) is 11.4. The number of hydrogen-bond donors (Lipinski definition) is 1. The second-order valence-corrected chi connectivity index (χ2v) is 8.84. The molecule has 4 heteroatoms. The Morgan fingerprint density at radius 1 is 0.909 bits per heavy atom. The van der Waals surface area contributed by atoms with Crippen molar-refractivity contribution in [1.82, 2.24) is 4.98 Å². The lowest BCUT2D eigenvalue weighted by Crippen LogP contribution is -2.24. The number of benzene rings is 3. The van der Waals surface area contributed by atoms with Crippen molar-refractivity contribution in [3.8, 4) is 0 Å². The van der Waals surface area contributed by atoms with Crippen LogP contribution in [0.5, 0.6) is 0 Å². The summed E-state index contributed by atoms with van der Waals surface area (Å²) >= 11 is 6.09. The van der Waals surface area contributed by atoms with E-state index in [1.807, 2.05) is 111 Å². The van der Waals surface area contributed by atoms with Gasteiger partial charge in [0.2, 0.25) is 0 Å². The van der Waals surface area contributed by atoms with Gasteiger partial charge in [0, 0.05) is 21.9 Å². The number of Topliss-reactive ketones (excluding diaryl/α,β-unsaturated/α-hetero) is 1. The molecule has 1 heterocycles. The molecular formula is C29H26ClNO2. The lowest BCUT2D eigenvalue weighted by atomic mass is 9.82. The summed E-state index contributed by atoms with van der Waals surface area (Å²) in [6.07, 6.45) is 3.16. The Morgan fingerprint density at radius 2 is 1.67 bits per heavy atom. The summed E-state index contributed by atoms with van der Waals surface area (Å²) in [6.45, 7) is 3.80. The summed E-state index contributed by atoms with van der Waals surface area (Å²) in [6, 6.07) is 26.6. The quantitative estimate of drug-likeness (QED) is 0.298. The van der Waals surface area contributed by atoms with Crippen molar-refractivity contribution < 1.29 is 9.90 Å². The fourth-order valence-electron chi connectivity index (χ4n) is 3.91. The van der Waals surface area contributed by atoms with Crippen molar-refractivity contribution in [2.45, 2.75) is 20.0 Å². The van der Waals surface area contributed by atoms with Crippen LogP contribution < -0.4 is 0 Å². The average molecular weight is 456 g/mol. The van der Waals surface area contributed by atoms with Gasteiger partial charge in [-0.25, -0.2) is 4.98 Å². The highest BCUT2D eigenvalue weighted by Crippen LogP contribution is 2.30. The molecule has 0 aliphatic carbocycles. The predicted molar refractivity (Wildman–Crippen MR) is 136 cm³/mol. The molecule has 0 aliphatic rings. The summed E-state index contributed by atoms with van der Waals surface area (Å²) in [5.74, 6) is -0.500. The molecule has 4 rings (SSSR count). The van der Waals surface area contributed by atoms with Gasteiger partial charge in [0.1, 0.15) is 0 Å². The second-order valence-electron chi connectivity index (χ2n) is 8.40. The fourth-order valence-corrected chi connectivity index (χ4v) is 4.07. The monoisotopic (exact) mass is 455 g/mol. The van der Waals surface area contributed by atoms with E-state index >= 15 is 0 Å². The van der Waals surface area contributed by atoms with Crippen LogP contribution in [0.3, 0.4) is 0 Å². The summed E-state index contributed by atoms with van der Waals surface area (Å²) in [7, 11) is 0. The molecule has 0 aliphatic heterocycles. The molecule has 0 amide bonds. The van der Waals surface area contributed by atoms with E-state index < -0.39 is 6.10 Å². The standard InChI is InChI=1S/C29H26ClNO2/c1-19(28(32)23-8-4-3-5-9-23)20(2)29(33)24-10-6-7-21(17-24)11-15-26-16-13-22-12-14-25(30)18-27(22)31-26/h3-20,29,33H,1-2H3/t19?,20?,29-/m0/s1. The van der Waals surface area contributed by atoms with E-state index in [1.54, 1.807) is 0 Å². The van der Waals surface area contributed by atoms with Gasteiger partial charge >= 0.3 is 0 Å². The van der Waals surface area contributed by atoms with Crippen LogP contribution in [-0.4, -0.2) is 15.9 Å². The number of rotatable bonds is 7. The first-order chi connectivity index (χ1) is 15.9. The van der Waals surface area contributed by atoms with Crippen LogP contribution in [0.4, 0.5) is 0 Å². The third-order valence-corrected chi connectivity index (χ3v) is 6.37. The number of carbonyl (C=O) groups is 1. The molecule has 0 fully saturated rings. The number of aliphatic hydroxyl groups is 1. The molecular weight excluding hydrogens is 430 g/mol. The largest absolute Gasteiger partial charge is 0.388 e. The van der Waals surface area contributed by atoms with E-state index in [2.05, 4.69) is 4.98 Å². The Labute approximate surface area is 199 Å². The summed E-state index contributed by atoms with van der Waals surface area (Å²) in [4.78, 5) is 17.5. The molecule has 0 spiro atoms. The molecule has 166 valence electrons. The molecule has 0 saturated heterocycles. The minimum atomic E-state index is -0.748. The van der Waals surface area contributed by atoms with Gasteiger partial charge in [-0.2, -0.15) is 0 Å². The Kier molecular flexibility index (Phi) is 7.02. The van der Waals surface area contributed by atoms with Crippen molar-refractivity contribution in [3.63, 3.8) is 0 Å². The van der Waals surface area contributed by atoms with Crippen LogP contribution in [0.25, 0.3) is 23.1 Å². The van der Waals surface area contributed by atoms with E-state index in [4.69, 9.17) is 11.6 Å². The Hall–Kier alpha value is -3.27. The highest BCUT2D eigenvalue weighted by molar-refractivity contribution is 6.31. The minimum Gasteiger partial charge on any atom is -0.388 e. The normalized spacial score (nSPS) is 14.3. The zero-order valence-corrected chi connectivity index (χ0v) is 19.4. The van der Waals surface area contributed by atoms with Crippen LogP contribution >= 0.6 is 11.6 Å². The van der Waals surface area contributed by atoms with Gasteiger partial charge in [0.15, 0.2) is 5.78 Å². The zero-order chi connectivity index (χ0) is 23.4. The van der Waals surface area contributed by atoms with Crippen LogP contribution in [0.2, 0.25) is 5.02 Å². The van der Waals surface area contributed by atoms with E-state index in [-0.39, 0.29) is 17.6 Å². The van der Waals surface area contributed by atoms with Crippen LogP contribution in [0.15, 0.2) is 84.9 Å². The number of nitrogens with zero attached hydrogens (tertiary/aromatic N) is 1. The first kappa shape index (κ1) is 22.9. The first-order valence-electron chi connectivity index (χ1n) is 11.0. The number of halogens is 1. The lowest BCUT2D eigenvalue weighted by Gasteiger charge is -2.25. The van der Waals surface area contributed by atoms with Crippen LogP contribution in [0, 0.1) is 11.8 Å². The number of aromatic nitrogens is 1. The summed E-state index contributed by atoms with van der Waals surface area (Å²) < 4.78 is 0. The van der Waals surface area contributed by atoms with E-state index in [9.17, 15) is 9.90 Å². The Bertz CT molecular complexity index is 1300. The van der Waals surface area contributed by atoms with Crippen molar-refractivity contribution >= 4 is 40.4 Å². The third-order valence-electron chi connectivity index (χ3n) is 6.13. The maximum Gasteiger partial charge on any atom is 0.166 e. The summed E-state index contributed by atoms with van der Waals surface area (Å²) in [5.41, 5.74) is 4.08. The molecule has 0 bridgehead atoms. The number of ketones is 1. The number of pyridine rings is 1. The van der Waals surface area contributed by atoms with Gasteiger partial charge in [-0.3, -0.25) is 4.79 Å². The number of aliphatic hydroxyl groups excluding tert-OH is 1. The lowest BCUT2D eigenvalue weighted by molar-refractivity contribution is 0.0656. The van der Waals surface area contributed by atoms with Gasteiger partial charge in [0.05, 0.1) is 17.3 Å². The smallest absolute Gasteiger partial charge is 0.166 e. The fraction of sp³-hybridized carbons (Fsp3) is 0.172. The van der Waals surface area contributed by atoms with Crippen molar-refractivity contribution in [2.75, 3.05) is 0 Å². The molecule has 2 unspecified atom stereocenters. The molecule has 0 radical (unpaired) electrons. The molecule has 33 heavy (non-hydrogen) atoms. The average Bonchev–Trinajstić information content (AvgIpc) is 2.86. The van der Waals surface area contributed by atoms with Gasteiger partial charge in [-0.15, -0.1) is 0 Å². The number of hydrogen-bond acceptors (Lipinski definition) is 3. The molecule has 4 aromatic rings. The number of fused-ring (bicyclic) bond motifs is 1. The Balaban J connectivity index is 1.50. The van der Waals surface area contributed by atoms with Crippen LogP contribution in [-0.2, 0) is 0 Å². The highest BCUT2D eigenvalue weighted by atomic mass is 35.5. The van der Waals surface area contributed by atoms with Crippen LogP contribution in [0.1, 0.15) is 47.1 Å². The molecule has 1 N–H and O–H groups in total. The molecule has 3 aromatic carbocycles. The van der Waals surface area contributed by atoms with Gasteiger partial charge in [-0.05, 0) is 47.4 Å². The predicted octanol–water partition coefficient (Wildman–Crippen LogP) is 7.25. The van der Waals surface area contributed by atoms with E-state index in [0.717, 1.165) is 27.7 Å². The Morgan fingerprint density at radius 3 is 2.45 bits per heavy atom. The summed E-state index contributed by atoms with van der Waals surface area (Å²) in [5, 5.41) is 12.7.